The van der Waals surface area contributed by atoms with Gasteiger partial charge in [0.15, 0.2) is 5.96 Å². The average molecular weight is 642 g/mol. The molecule has 1 aliphatic carbocycles. The van der Waals surface area contributed by atoms with E-state index in [1.807, 2.05) is 36.4 Å². The summed E-state index contributed by atoms with van der Waals surface area (Å²) in [6.45, 7) is 0.299. The lowest BCUT2D eigenvalue weighted by Gasteiger charge is -2.32. The average Bonchev–Trinajstić information content (AvgIpc) is 2.97. The monoisotopic (exact) mass is 640 g/mol. The van der Waals surface area contributed by atoms with E-state index in [4.69, 9.17) is 28.3 Å². The van der Waals surface area contributed by atoms with E-state index >= 15 is 0 Å². The molecule has 1 unspecified atom stereocenters. The first-order valence-electron chi connectivity index (χ1n) is 14.2. The van der Waals surface area contributed by atoms with Crippen LogP contribution in [0.1, 0.15) is 67.6 Å². The van der Waals surface area contributed by atoms with Crippen LogP contribution in [0.3, 0.4) is 0 Å². The van der Waals surface area contributed by atoms with E-state index in [1.165, 1.54) is 0 Å². The van der Waals surface area contributed by atoms with Crippen molar-refractivity contribution in [3.8, 4) is 0 Å². The molecule has 0 aliphatic heterocycles. The Balaban J connectivity index is 1.84. The second-order valence-corrected chi connectivity index (χ2v) is 11.6. The van der Waals surface area contributed by atoms with Crippen LogP contribution in [0.5, 0.6) is 0 Å². The molecule has 42 heavy (non-hydrogen) atoms. The third kappa shape index (κ3) is 9.86. The first-order valence-corrected chi connectivity index (χ1v) is 15.0. The molecule has 12 heteroatoms. The number of rotatable bonds is 14. The maximum absolute atomic E-state index is 14.0. The van der Waals surface area contributed by atoms with Crippen molar-refractivity contribution in [2.45, 2.75) is 69.4 Å². The van der Waals surface area contributed by atoms with Gasteiger partial charge in [-0.3, -0.25) is 24.8 Å². The molecule has 1 saturated carbocycles. The van der Waals surface area contributed by atoms with E-state index in [0.29, 0.717) is 24.9 Å². The number of nitrogen functional groups attached to an aromatic ring is 1. The van der Waals surface area contributed by atoms with Crippen molar-refractivity contribution in [1.82, 2.24) is 10.6 Å². The number of primary amides is 1. The number of nitrogens with zero attached hydrogens (tertiary/aromatic N) is 1. The molecule has 2 aromatic rings. The fourth-order valence-electron chi connectivity index (χ4n) is 5.28. The summed E-state index contributed by atoms with van der Waals surface area (Å²) in [6.07, 6.45) is 5.66. The molecule has 0 saturated heterocycles. The van der Waals surface area contributed by atoms with Crippen molar-refractivity contribution in [3.63, 3.8) is 0 Å². The molecule has 0 radical (unpaired) electrons. The number of aliphatic imine (C=N–C) groups is 1. The van der Waals surface area contributed by atoms with Crippen molar-refractivity contribution in [1.29, 1.82) is 5.41 Å². The summed E-state index contributed by atoms with van der Waals surface area (Å²) in [6, 6.07) is 13.0. The third-order valence-electron chi connectivity index (χ3n) is 7.60. The van der Waals surface area contributed by atoms with Crippen LogP contribution in [0.4, 0.5) is 0 Å². The Hall–Kier alpha value is -3.93. The van der Waals surface area contributed by atoms with Crippen molar-refractivity contribution < 1.29 is 14.4 Å². The number of nitrogens with two attached hydrogens (primary N) is 4. The number of amidine groups is 1. The normalized spacial score (nSPS) is 15.5. The van der Waals surface area contributed by atoms with Gasteiger partial charge < -0.3 is 33.6 Å². The summed E-state index contributed by atoms with van der Waals surface area (Å²) in [5.74, 6) is -2.13. The number of benzene rings is 2. The number of halogens is 1. The molecule has 2 aromatic carbocycles. The summed E-state index contributed by atoms with van der Waals surface area (Å²) in [5, 5.41) is 13.5. The van der Waals surface area contributed by atoms with Crippen molar-refractivity contribution in [3.05, 3.63) is 69.7 Å². The Morgan fingerprint density at radius 3 is 2.12 bits per heavy atom. The maximum atomic E-state index is 14.0. The molecule has 1 aliphatic rings. The number of carbonyl (C=O) groups is 3. The molecule has 0 spiro atoms. The summed E-state index contributed by atoms with van der Waals surface area (Å²) >= 11 is 3.45. The van der Waals surface area contributed by atoms with E-state index < -0.39 is 29.8 Å². The lowest BCUT2D eigenvalue weighted by Crippen LogP contribution is -2.56. The fraction of sp³-hybridized carbons (Fsp3) is 0.433. The first kappa shape index (κ1) is 32.6. The lowest BCUT2D eigenvalue weighted by atomic mass is 9.82. The zero-order valence-corrected chi connectivity index (χ0v) is 25.2. The van der Waals surface area contributed by atoms with Gasteiger partial charge in [0.2, 0.25) is 17.7 Å². The predicted molar refractivity (Wildman–Crippen MR) is 168 cm³/mol. The second-order valence-electron chi connectivity index (χ2n) is 10.7. The molecule has 3 amide bonds. The van der Waals surface area contributed by atoms with Gasteiger partial charge in [-0.2, -0.15) is 0 Å². The van der Waals surface area contributed by atoms with Gasteiger partial charge in [0.1, 0.15) is 17.9 Å². The van der Waals surface area contributed by atoms with Gasteiger partial charge in [-0.1, -0.05) is 71.6 Å². The third-order valence-corrected chi connectivity index (χ3v) is 8.13. The Morgan fingerprint density at radius 1 is 0.905 bits per heavy atom. The number of hydrogen-bond acceptors (Lipinski definition) is 5. The number of carbonyl (C=O) groups excluding carboxylic acids is 3. The number of amides is 3. The van der Waals surface area contributed by atoms with Crippen LogP contribution in [0.2, 0.25) is 0 Å². The minimum atomic E-state index is -0.920. The molecule has 226 valence electrons. The topological polar surface area (TPSA) is 216 Å². The smallest absolute Gasteiger partial charge is 0.243 e. The molecular formula is C30H41BrN8O3. The van der Waals surface area contributed by atoms with Crippen LogP contribution in [0.25, 0.3) is 0 Å². The molecule has 1 fully saturated rings. The van der Waals surface area contributed by atoms with E-state index in [0.717, 1.165) is 47.7 Å². The van der Waals surface area contributed by atoms with Crippen molar-refractivity contribution in [2.24, 2.45) is 33.8 Å². The van der Waals surface area contributed by atoms with Gasteiger partial charge in [0, 0.05) is 16.6 Å². The summed E-state index contributed by atoms with van der Waals surface area (Å²) < 4.78 is 0.882. The Kier molecular flexibility index (Phi) is 12.3. The van der Waals surface area contributed by atoms with E-state index in [1.54, 1.807) is 12.1 Å². The molecule has 11 nitrogen and oxygen atoms in total. The molecule has 0 heterocycles. The maximum Gasteiger partial charge on any atom is 0.243 e. The summed E-state index contributed by atoms with van der Waals surface area (Å²) in [4.78, 5) is 43.7. The van der Waals surface area contributed by atoms with Gasteiger partial charge in [-0.25, -0.2) is 0 Å². The highest BCUT2D eigenvalue weighted by Crippen LogP contribution is 2.29. The van der Waals surface area contributed by atoms with Crippen LogP contribution < -0.4 is 33.6 Å². The lowest BCUT2D eigenvalue weighted by molar-refractivity contribution is -0.133. The van der Waals surface area contributed by atoms with Crippen LogP contribution in [0.15, 0.2) is 58.0 Å². The van der Waals surface area contributed by atoms with Crippen LogP contribution in [0, 0.1) is 11.3 Å². The van der Waals surface area contributed by atoms with Crippen molar-refractivity contribution in [2.75, 3.05) is 6.54 Å². The molecule has 3 rings (SSSR count). The zero-order chi connectivity index (χ0) is 30.6. The van der Waals surface area contributed by atoms with Crippen LogP contribution in [-0.4, -0.2) is 48.1 Å². The van der Waals surface area contributed by atoms with Gasteiger partial charge >= 0.3 is 0 Å². The number of nitrogens with one attached hydrogen (secondary N) is 3. The second kappa shape index (κ2) is 15.9. The molecule has 11 N–H and O–H groups in total. The fourth-order valence-corrected chi connectivity index (χ4v) is 5.55. The predicted octanol–water partition coefficient (Wildman–Crippen LogP) is 2.15. The minimum absolute atomic E-state index is 0.0319. The number of guanidine groups is 1. The highest BCUT2D eigenvalue weighted by atomic mass is 79.9. The van der Waals surface area contributed by atoms with E-state index in [9.17, 15) is 14.4 Å². The molecule has 0 bridgehead atoms. The highest BCUT2D eigenvalue weighted by molar-refractivity contribution is 9.10. The van der Waals surface area contributed by atoms with Gasteiger partial charge in [0.25, 0.3) is 0 Å². The quantitative estimate of drug-likeness (QED) is 0.0931. The highest BCUT2D eigenvalue weighted by Gasteiger charge is 2.35. The van der Waals surface area contributed by atoms with Gasteiger partial charge in [-0.15, -0.1) is 0 Å². The van der Waals surface area contributed by atoms with Gasteiger partial charge in [-0.05, 0) is 61.3 Å². The Labute approximate surface area is 254 Å². The van der Waals surface area contributed by atoms with E-state index in [2.05, 4.69) is 31.6 Å². The molecular weight excluding hydrogens is 600 g/mol. The van der Waals surface area contributed by atoms with Crippen molar-refractivity contribution >= 4 is 45.4 Å². The van der Waals surface area contributed by atoms with E-state index in [-0.39, 0.29) is 30.0 Å². The first-order chi connectivity index (χ1) is 20.0. The van der Waals surface area contributed by atoms with Gasteiger partial charge in [0.05, 0.1) is 5.92 Å². The molecule has 0 aromatic heterocycles. The zero-order valence-electron chi connectivity index (χ0n) is 23.7. The number of hydrogen-bond donors (Lipinski definition) is 7. The molecule has 3 atom stereocenters. The minimum Gasteiger partial charge on any atom is -0.384 e. The summed E-state index contributed by atoms with van der Waals surface area (Å²) in [7, 11) is 0. The van der Waals surface area contributed by atoms with Crippen LogP contribution >= 0.6 is 15.9 Å². The summed E-state index contributed by atoms with van der Waals surface area (Å²) in [5.41, 5.74) is 24.2. The largest absolute Gasteiger partial charge is 0.384 e. The Morgan fingerprint density at radius 2 is 1.55 bits per heavy atom. The van der Waals surface area contributed by atoms with Crippen LogP contribution in [-0.2, 0) is 20.8 Å². The SMILES string of the molecule is N=C(N)c1ccc(C[C@H](C(=O)N[C@H](C(=O)NC(CCCN=C(N)N)C(N)=O)C2CCCCC2)c2ccc(Br)cc2)cc1. The Bertz CT molecular complexity index is 1260. The standard InChI is InChI=1S/C30H41BrN8O3/c31-22-14-12-19(13-15-22)23(17-18-8-10-21(11-9-18)26(32)33)28(41)39-25(20-5-2-1-3-6-20)29(42)38-24(27(34)40)7-4-16-37-30(35)36/h8-15,20,23-25H,1-7,16-17H2,(H3,32,33)(H2,34,40)(H,38,42)(H,39,41)(H4,35,36,37)/t23-,24?,25-/m0/s1.